The molecule has 3 rings (SSSR count). The van der Waals surface area contributed by atoms with Gasteiger partial charge in [0.05, 0.1) is 28.3 Å². The van der Waals surface area contributed by atoms with E-state index in [-0.39, 0.29) is 17.0 Å². The maximum absolute atomic E-state index is 13.8. The zero-order chi connectivity index (χ0) is 24.2. The first-order chi connectivity index (χ1) is 15.6. The summed E-state index contributed by atoms with van der Waals surface area (Å²) < 4.78 is 59.5. The number of amides is 2. The van der Waals surface area contributed by atoms with Crippen molar-refractivity contribution in [3.05, 3.63) is 76.4 Å². The predicted molar refractivity (Wildman–Crippen MR) is 117 cm³/mol. The lowest BCUT2D eigenvalue weighted by molar-refractivity contribution is -0.136. The van der Waals surface area contributed by atoms with E-state index >= 15 is 0 Å². The Labute approximate surface area is 190 Å². The van der Waals surface area contributed by atoms with Gasteiger partial charge in [0.15, 0.2) is 0 Å². The fraction of sp³-hybridized carbons (Fsp3) is 0.227. The molecule has 174 valence electrons. The van der Waals surface area contributed by atoms with Crippen LogP contribution in [0.5, 0.6) is 0 Å². The number of anilines is 2. The van der Waals surface area contributed by atoms with Gasteiger partial charge in [0.25, 0.3) is 5.91 Å². The summed E-state index contributed by atoms with van der Waals surface area (Å²) in [7, 11) is 0. The van der Waals surface area contributed by atoms with Crippen molar-refractivity contribution in [2.75, 3.05) is 16.4 Å². The van der Waals surface area contributed by atoms with Gasteiger partial charge in [0, 0.05) is 17.0 Å². The number of thioether (sulfide) groups is 1. The van der Waals surface area contributed by atoms with Gasteiger partial charge in [-0.1, -0.05) is 17.3 Å². The molecule has 0 aliphatic rings. The third kappa shape index (κ3) is 6.13. The number of hydrogen-bond acceptors (Lipinski definition) is 5. The van der Waals surface area contributed by atoms with Crippen LogP contribution in [0.1, 0.15) is 32.9 Å². The lowest BCUT2D eigenvalue weighted by Crippen LogP contribution is -2.19. The molecule has 0 spiro atoms. The highest BCUT2D eigenvalue weighted by Gasteiger charge is 2.34. The van der Waals surface area contributed by atoms with E-state index in [2.05, 4.69) is 15.8 Å². The van der Waals surface area contributed by atoms with Crippen molar-refractivity contribution in [3.63, 3.8) is 0 Å². The summed E-state index contributed by atoms with van der Waals surface area (Å²) in [4.78, 5) is 24.4. The zero-order valence-corrected chi connectivity index (χ0v) is 18.4. The molecule has 0 fully saturated rings. The van der Waals surface area contributed by atoms with Crippen molar-refractivity contribution in [2.24, 2.45) is 0 Å². The Morgan fingerprint density at radius 3 is 2.45 bits per heavy atom. The molecule has 6 nitrogen and oxygen atoms in total. The second-order valence-corrected chi connectivity index (χ2v) is 8.02. The summed E-state index contributed by atoms with van der Waals surface area (Å²) in [5, 5.41) is 8.31. The fourth-order valence-electron chi connectivity index (χ4n) is 2.95. The SMILES string of the molecule is Cc1noc(C)c1CSCC(=O)Nc1ccc(NC(=O)c2ccccc2F)cc1C(F)(F)F. The van der Waals surface area contributed by atoms with Crippen molar-refractivity contribution in [1.82, 2.24) is 5.16 Å². The van der Waals surface area contributed by atoms with E-state index in [9.17, 15) is 27.2 Å². The molecule has 1 heterocycles. The third-order valence-electron chi connectivity index (χ3n) is 4.64. The van der Waals surface area contributed by atoms with Crippen LogP contribution in [0.25, 0.3) is 0 Å². The van der Waals surface area contributed by atoms with Gasteiger partial charge in [-0.15, -0.1) is 11.8 Å². The monoisotopic (exact) mass is 481 g/mol. The van der Waals surface area contributed by atoms with E-state index in [0.717, 1.165) is 17.7 Å². The van der Waals surface area contributed by atoms with Gasteiger partial charge >= 0.3 is 6.18 Å². The number of nitrogens with one attached hydrogen (secondary N) is 2. The van der Waals surface area contributed by atoms with Gasteiger partial charge in [0.1, 0.15) is 11.6 Å². The molecule has 0 radical (unpaired) electrons. The van der Waals surface area contributed by atoms with E-state index in [1.165, 1.54) is 36.0 Å². The Morgan fingerprint density at radius 2 is 1.82 bits per heavy atom. The van der Waals surface area contributed by atoms with Crippen LogP contribution in [0, 0.1) is 19.7 Å². The van der Waals surface area contributed by atoms with Gasteiger partial charge in [-0.05, 0) is 44.2 Å². The maximum atomic E-state index is 13.8. The average molecular weight is 481 g/mol. The van der Waals surface area contributed by atoms with Gasteiger partial charge in [-0.25, -0.2) is 4.39 Å². The molecule has 0 aliphatic carbocycles. The Morgan fingerprint density at radius 1 is 1.09 bits per heavy atom. The Hall–Kier alpha value is -3.34. The number of aryl methyl sites for hydroxylation is 2. The molecule has 11 heteroatoms. The van der Waals surface area contributed by atoms with E-state index in [4.69, 9.17) is 4.52 Å². The highest BCUT2D eigenvalue weighted by atomic mass is 32.2. The van der Waals surface area contributed by atoms with Crippen LogP contribution >= 0.6 is 11.8 Å². The minimum atomic E-state index is -4.80. The number of aromatic nitrogens is 1. The topological polar surface area (TPSA) is 84.2 Å². The summed E-state index contributed by atoms with van der Waals surface area (Å²) in [5.74, 6) is -1.37. The summed E-state index contributed by atoms with van der Waals surface area (Å²) >= 11 is 1.20. The molecule has 2 N–H and O–H groups in total. The zero-order valence-electron chi connectivity index (χ0n) is 17.5. The van der Waals surface area contributed by atoms with Crippen LogP contribution in [-0.2, 0) is 16.7 Å². The molecule has 3 aromatic rings. The molecule has 33 heavy (non-hydrogen) atoms. The van der Waals surface area contributed by atoms with Gasteiger partial charge in [-0.2, -0.15) is 13.2 Å². The quantitative estimate of drug-likeness (QED) is 0.431. The summed E-state index contributed by atoms with van der Waals surface area (Å²) in [6.07, 6.45) is -4.80. The van der Waals surface area contributed by atoms with Crippen LogP contribution in [-0.4, -0.2) is 22.7 Å². The smallest absolute Gasteiger partial charge is 0.361 e. The average Bonchev–Trinajstić information content (AvgIpc) is 3.06. The molecule has 0 aliphatic heterocycles. The number of benzene rings is 2. The fourth-order valence-corrected chi connectivity index (χ4v) is 3.93. The summed E-state index contributed by atoms with van der Waals surface area (Å²) in [5.41, 5.74) is -0.570. The number of nitrogens with zero attached hydrogens (tertiary/aromatic N) is 1. The largest absolute Gasteiger partial charge is 0.418 e. The van der Waals surface area contributed by atoms with Gasteiger partial charge in [-0.3, -0.25) is 9.59 Å². The van der Waals surface area contributed by atoms with E-state index in [1.807, 2.05) is 0 Å². The molecule has 0 saturated heterocycles. The minimum Gasteiger partial charge on any atom is -0.361 e. The van der Waals surface area contributed by atoms with Crippen molar-refractivity contribution >= 4 is 35.0 Å². The Balaban J connectivity index is 1.69. The van der Waals surface area contributed by atoms with Gasteiger partial charge < -0.3 is 15.2 Å². The molecule has 0 saturated carbocycles. The van der Waals surface area contributed by atoms with Crippen LogP contribution in [0.4, 0.5) is 28.9 Å². The minimum absolute atomic E-state index is 0.0902. The Bertz CT molecular complexity index is 1160. The van der Waals surface area contributed by atoms with Gasteiger partial charge in [0.2, 0.25) is 5.91 Å². The van der Waals surface area contributed by atoms with Crippen molar-refractivity contribution in [2.45, 2.75) is 25.8 Å². The predicted octanol–water partition coefficient (Wildman–Crippen LogP) is 5.57. The first kappa shape index (κ1) is 24.3. The van der Waals surface area contributed by atoms with E-state index < -0.39 is 35.1 Å². The number of carbonyl (C=O) groups excluding carboxylic acids is 2. The summed E-state index contributed by atoms with van der Waals surface area (Å²) in [6, 6.07) is 8.02. The third-order valence-corrected chi connectivity index (χ3v) is 5.60. The van der Waals surface area contributed by atoms with E-state index in [0.29, 0.717) is 23.3 Å². The van der Waals surface area contributed by atoms with E-state index in [1.54, 1.807) is 13.8 Å². The first-order valence-corrected chi connectivity index (χ1v) is 10.8. The normalized spacial score (nSPS) is 11.3. The van der Waals surface area contributed by atoms with Crippen LogP contribution in [0.3, 0.4) is 0 Å². The number of hydrogen-bond donors (Lipinski definition) is 2. The molecule has 2 amide bonds. The lowest BCUT2D eigenvalue weighted by Gasteiger charge is -2.16. The van der Waals surface area contributed by atoms with Crippen molar-refractivity contribution < 1.29 is 31.7 Å². The Kier molecular flexibility index (Phi) is 7.42. The first-order valence-electron chi connectivity index (χ1n) is 9.62. The highest BCUT2D eigenvalue weighted by molar-refractivity contribution is 7.99. The second kappa shape index (κ2) is 10.1. The molecule has 0 unspecified atom stereocenters. The summed E-state index contributed by atoms with van der Waals surface area (Å²) in [6.45, 7) is 3.49. The standard InChI is InChI=1S/C22H19F4N3O3S/c1-12-16(13(2)32-29-12)10-33-11-20(30)28-19-8-7-14(9-17(19)22(24,25)26)27-21(31)15-5-3-4-6-18(15)23/h3-9H,10-11H2,1-2H3,(H,27,31)(H,28,30). The molecule has 0 bridgehead atoms. The lowest BCUT2D eigenvalue weighted by atomic mass is 10.1. The highest BCUT2D eigenvalue weighted by Crippen LogP contribution is 2.37. The van der Waals surface area contributed by atoms with Crippen LogP contribution in [0.2, 0.25) is 0 Å². The van der Waals surface area contributed by atoms with Crippen molar-refractivity contribution in [3.8, 4) is 0 Å². The molecule has 1 aromatic heterocycles. The van der Waals surface area contributed by atoms with Crippen LogP contribution < -0.4 is 10.6 Å². The number of carbonyl (C=O) groups is 2. The molecular formula is C22H19F4N3O3S. The molecule has 0 atom stereocenters. The van der Waals surface area contributed by atoms with Crippen molar-refractivity contribution in [1.29, 1.82) is 0 Å². The second-order valence-electron chi connectivity index (χ2n) is 7.04. The maximum Gasteiger partial charge on any atom is 0.418 e. The molecular weight excluding hydrogens is 462 g/mol. The van der Waals surface area contributed by atoms with Crippen LogP contribution in [0.15, 0.2) is 47.0 Å². The number of alkyl halides is 3. The number of rotatable bonds is 7. The molecule has 2 aromatic carbocycles. The number of halogens is 4.